The molecule has 0 aliphatic carbocycles. The Morgan fingerprint density at radius 1 is 1.48 bits per heavy atom. The third kappa shape index (κ3) is 3.16. The number of anilines is 1. The quantitative estimate of drug-likeness (QED) is 0.439. The first-order valence-corrected chi connectivity index (χ1v) is 8.65. The van der Waals surface area contributed by atoms with Crippen LogP contribution in [0.2, 0.25) is 0 Å². The van der Waals surface area contributed by atoms with Gasteiger partial charge in [-0.05, 0) is 15.9 Å². The van der Waals surface area contributed by atoms with Crippen LogP contribution < -0.4 is 4.90 Å². The van der Waals surface area contributed by atoms with Crippen LogP contribution in [0.1, 0.15) is 6.42 Å². The van der Waals surface area contributed by atoms with E-state index in [4.69, 9.17) is 10.7 Å². The summed E-state index contributed by atoms with van der Waals surface area (Å²) in [4.78, 5) is 22.9. The number of benzene rings is 1. The number of hydrogen-bond acceptors (Lipinski definition) is 5. The SMILES string of the molecule is O=C1CC(S(=O)(=O)Cl)CN1c1cc(F)c(Br)cc1[N+](=O)[O-]. The second-order valence-electron chi connectivity index (χ2n) is 4.32. The Morgan fingerprint density at radius 3 is 2.57 bits per heavy atom. The average molecular weight is 402 g/mol. The Hall–Kier alpha value is -1.26. The lowest BCUT2D eigenvalue weighted by atomic mass is 10.2. The molecule has 1 aliphatic rings. The second-order valence-corrected chi connectivity index (χ2v) is 8.08. The van der Waals surface area contributed by atoms with Gasteiger partial charge in [0.2, 0.25) is 15.0 Å². The molecule has 1 aliphatic heterocycles. The Labute approximate surface area is 131 Å². The van der Waals surface area contributed by atoms with Gasteiger partial charge < -0.3 is 4.90 Å². The molecule has 2 rings (SSSR count). The minimum atomic E-state index is -3.99. The lowest BCUT2D eigenvalue weighted by Gasteiger charge is -2.16. The average Bonchev–Trinajstić information content (AvgIpc) is 2.74. The molecule has 7 nitrogen and oxygen atoms in total. The van der Waals surface area contributed by atoms with Gasteiger partial charge in [0.15, 0.2) is 0 Å². The van der Waals surface area contributed by atoms with E-state index in [1.165, 1.54) is 0 Å². The summed E-state index contributed by atoms with van der Waals surface area (Å²) >= 11 is 2.82. The summed E-state index contributed by atoms with van der Waals surface area (Å²) in [5.74, 6) is -1.48. The molecule has 0 N–H and O–H groups in total. The number of nitro groups is 1. The molecule has 1 amide bonds. The van der Waals surface area contributed by atoms with E-state index in [0.29, 0.717) is 0 Å². The van der Waals surface area contributed by atoms with Crippen molar-refractivity contribution in [2.75, 3.05) is 11.4 Å². The molecule has 1 heterocycles. The Bertz CT molecular complexity index is 741. The van der Waals surface area contributed by atoms with Crippen LogP contribution in [0.5, 0.6) is 0 Å². The Morgan fingerprint density at radius 2 is 2.10 bits per heavy atom. The Balaban J connectivity index is 2.50. The van der Waals surface area contributed by atoms with Gasteiger partial charge in [0.25, 0.3) is 5.69 Å². The zero-order chi connectivity index (χ0) is 15.9. The number of carbonyl (C=O) groups excluding carboxylic acids is 1. The van der Waals surface area contributed by atoms with Crippen LogP contribution in [0.3, 0.4) is 0 Å². The van der Waals surface area contributed by atoms with E-state index >= 15 is 0 Å². The molecule has 0 bridgehead atoms. The molecule has 0 spiro atoms. The van der Waals surface area contributed by atoms with Gasteiger partial charge in [-0.2, -0.15) is 0 Å². The van der Waals surface area contributed by atoms with Gasteiger partial charge in [-0.25, -0.2) is 12.8 Å². The van der Waals surface area contributed by atoms with Crippen molar-refractivity contribution in [3.8, 4) is 0 Å². The summed E-state index contributed by atoms with van der Waals surface area (Å²) < 4.78 is 36.0. The largest absolute Gasteiger partial charge is 0.305 e. The number of nitrogens with zero attached hydrogens (tertiary/aromatic N) is 2. The first-order valence-electron chi connectivity index (χ1n) is 5.48. The van der Waals surface area contributed by atoms with Gasteiger partial charge in [-0.3, -0.25) is 14.9 Å². The topological polar surface area (TPSA) is 97.6 Å². The van der Waals surface area contributed by atoms with Crippen LogP contribution in [-0.4, -0.2) is 31.0 Å². The number of nitro benzene ring substituents is 1. The van der Waals surface area contributed by atoms with E-state index in [2.05, 4.69) is 15.9 Å². The molecule has 1 atom stereocenters. The predicted octanol–water partition coefficient (Wildman–Crippen LogP) is 2.17. The van der Waals surface area contributed by atoms with Crippen molar-refractivity contribution in [3.05, 3.63) is 32.5 Å². The number of amides is 1. The van der Waals surface area contributed by atoms with Crippen molar-refractivity contribution < 1.29 is 22.5 Å². The highest BCUT2D eigenvalue weighted by molar-refractivity contribution is 9.10. The number of carbonyl (C=O) groups is 1. The van der Waals surface area contributed by atoms with E-state index < -0.39 is 43.1 Å². The van der Waals surface area contributed by atoms with Crippen molar-refractivity contribution >= 4 is 52.9 Å². The van der Waals surface area contributed by atoms with E-state index in [1.54, 1.807) is 0 Å². The van der Waals surface area contributed by atoms with Gasteiger partial charge in [-0.15, -0.1) is 0 Å². The molecule has 1 unspecified atom stereocenters. The van der Waals surface area contributed by atoms with Crippen LogP contribution in [-0.2, 0) is 13.8 Å². The molecule has 21 heavy (non-hydrogen) atoms. The molecule has 0 saturated carbocycles. The molecule has 1 fully saturated rings. The zero-order valence-corrected chi connectivity index (χ0v) is 13.3. The van der Waals surface area contributed by atoms with E-state index in [0.717, 1.165) is 17.0 Å². The molecule has 1 saturated heterocycles. The lowest BCUT2D eigenvalue weighted by Crippen LogP contribution is -2.27. The smallest absolute Gasteiger partial charge is 0.294 e. The van der Waals surface area contributed by atoms with Crippen LogP contribution in [0, 0.1) is 15.9 Å². The summed E-state index contributed by atoms with van der Waals surface area (Å²) in [6.07, 6.45) is -0.402. The molecular formula is C10H7BrClFN2O5S. The zero-order valence-electron chi connectivity index (χ0n) is 10.1. The van der Waals surface area contributed by atoms with Gasteiger partial charge in [0.1, 0.15) is 16.8 Å². The molecule has 1 aromatic carbocycles. The minimum absolute atomic E-state index is 0.133. The second kappa shape index (κ2) is 5.50. The summed E-state index contributed by atoms with van der Waals surface area (Å²) in [6.45, 7) is -0.355. The third-order valence-electron chi connectivity index (χ3n) is 2.99. The summed E-state index contributed by atoms with van der Waals surface area (Å²) in [5, 5.41) is 9.82. The van der Waals surface area contributed by atoms with Crippen molar-refractivity contribution in [2.45, 2.75) is 11.7 Å². The molecule has 1 aromatic rings. The maximum absolute atomic E-state index is 13.6. The van der Waals surface area contributed by atoms with Gasteiger partial charge in [0, 0.05) is 35.8 Å². The fourth-order valence-corrected chi connectivity index (χ4v) is 3.34. The van der Waals surface area contributed by atoms with Gasteiger partial charge in [-0.1, -0.05) is 0 Å². The number of halogens is 3. The van der Waals surface area contributed by atoms with E-state index in [9.17, 15) is 27.7 Å². The molecular weight excluding hydrogens is 395 g/mol. The Kier molecular flexibility index (Phi) is 4.22. The molecule has 114 valence electrons. The highest BCUT2D eigenvalue weighted by atomic mass is 79.9. The van der Waals surface area contributed by atoms with Gasteiger partial charge in [0.05, 0.1) is 9.40 Å². The fourth-order valence-electron chi connectivity index (χ4n) is 1.98. The summed E-state index contributed by atoms with van der Waals surface area (Å²) in [6, 6.07) is 1.73. The molecule has 0 aromatic heterocycles. The normalized spacial score (nSPS) is 19.1. The van der Waals surface area contributed by atoms with Crippen LogP contribution in [0.25, 0.3) is 0 Å². The highest BCUT2D eigenvalue weighted by Crippen LogP contribution is 2.36. The maximum Gasteiger partial charge on any atom is 0.294 e. The van der Waals surface area contributed by atoms with Gasteiger partial charge >= 0.3 is 0 Å². The summed E-state index contributed by atoms with van der Waals surface area (Å²) in [7, 11) is 1.20. The summed E-state index contributed by atoms with van der Waals surface area (Å²) in [5.41, 5.74) is -0.808. The van der Waals surface area contributed by atoms with Crippen molar-refractivity contribution in [3.63, 3.8) is 0 Å². The first-order chi connectivity index (χ1) is 9.61. The van der Waals surface area contributed by atoms with E-state index in [1.807, 2.05) is 0 Å². The van der Waals surface area contributed by atoms with Crippen molar-refractivity contribution in [1.29, 1.82) is 0 Å². The molecule has 11 heteroatoms. The van der Waals surface area contributed by atoms with Crippen molar-refractivity contribution in [2.24, 2.45) is 0 Å². The number of rotatable bonds is 3. The molecule has 0 radical (unpaired) electrons. The third-order valence-corrected chi connectivity index (χ3v) is 5.47. The highest BCUT2D eigenvalue weighted by Gasteiger charge is 2.40. The standard InChI is InChI=1S/C10H7BrClFN2O5S/c11-6-2-9(15(17)18)8(3-7(6)13)14-4-5(1-10(14)16)21(12,19)20/h2-3,5H,1,4H2. The first kappa shape index (κ1) is 16.1. The lowest BCUT2D eigenvalue weighted by molar-refractivity contribution is -0.384. The predicted molar refractivity (Wildman–Crippen MR) is 76.3 cm³/mol. The van der Waals surface area contributed by atoms with E-state index in [-0.39, 0.29) is 16.7 Å². The monoisotopic (exact) mass is 400 g/mol. The van der Waals surface area contributed by atoms with Crippen molar-refractivity contribution in [1.82, 2.24) is 0 Å². The fraction of sp³-hybridized carbons (Fsp3) is 0.300. The maximum atomic E-state index is 13.6. The van der Waals surface area contributed by atoms with Crippen LogP contribution in [0.4, 0.5) is 15.8 Å². The number of hydrogen-bond donors (Lipinski definition) is 0. The minimum Gasteiger partial charge on any atom is -0.305 e. The van der Waals surface area contributed by atoms with Crippen LogP contribution in [0.15, 0.2) is 16.6 Å². The van der Waals surface area contributed by atoms with Crippen LogP contribution >= 0.6 is 26.6 Å².